The zero-order valence-corrected chi connectivity index (χ0v) is 8.45. The van der Waals surface area contributed by atoms with Crippen molar-refractivity contribution in [1.82, 2.24) is 9.89 Å². The maximum Gasteiger partial charge on any atom is 0.452 e. The van der Waals surface area contributed by atoms with Crippen LogP contribution < -0.4 is 11.0 Å². The van der Waals surface area contributed by atoms with Gasteiger partial charge in [0.1, 0.15) is 4.79 Å². The van der Waals surface area contributed by atoms with E-state index in [0.717, 1.165) is 5.53 Å². The van der Waals surface area contributed by atoms with Gasteiger partial charge in [-0.05, 0) is 15.4 Å². The quantitative estimate of drug-likeness (QED) is 0.476. The van der Waals surface area contributed by atoms with Crippen molar-refractivity contribution in [3.8, 4) is 0 Å². The minimum atomic E-state index is -1.36. The first-order valence-electron chi connectivity index (χ1n) is 3.98. The Kier molecular flexibility index (Phi) is 3.35. The van der Waals surface area contributed by atoms with Crippen molar-refractivity contribution in [1.29, 1.82) is 0 Å². The minimum Gasteiger partial charge on any atom is -0.358 e. The van der Waals surface area contributed by atoms with E-state index < -0.39 is 37.2 Å². The van der Waals surface area contributed by atoms with E-state index in [1.54, 1.807) is 0 Å². The fourth-order valence-corrected chi connectivity index (χ4v) is 1.03. The van der Waals surface area contributed by atoms with Gasteiger partial charge in [-0.3, -0.25) is 0 Å². The average molecular weight is 278 g/mol. The summed E-state index contributed by atoms with van der Waals surface area (Å²) < 4.78 is 0. The van der Waals surface area contributed by atoms with Gasteiger partial charge in [-0.15, -0.1) is 0 Å². The van der Waals surface area contributed by atoms with E-state index in [0.29, 0.717) is 0 Å². The Morgan fingerprint density at radius 2 is 1.53 bits per heavy atom. The molecule has 0 aromatic carbocycles. The summed E-state index contributed by atoms with van der Waals surface area (Å²) in [6.45, 7) is 0. The van der Waals surface area contributed by atoms with Gasteiger partial charge < -0.3 is 30.3 Å². The average Bonchev–Trinajstić information content (AvgIpc) is 2.54. The molecule has 1 aromatic heterocycles. The minimum absolute atomic E-state index is 0.177. The highest BCUT2D eigenvalue weighted by atomic mass is 16.7. The molecule has 1 aromatic rings. The third-order valence-electron chi connectivity index (χ3n) is 1.57. The van der Waals surface area contributed by atoms with Gasteiger partial charge in [0.15, 0.2) is 10.1 Å². The molecule has 19 heavy (non-hydrogen) atoms. The SMILES string of the molecule is O=[N+]([O-])Nc1c([N+](=O)[O-])nn(N[N+](=O)[O-])c1[N+](=O)[O-]. The maximum atomic E-state index is 10.6. The van der Waals surface area contributed by atoms with Crippen LogP contribution in [-0.2, 0) is 0 Å². The van der Waals surface area contributed by atoms with Crippen molar-refractivity contribution in [3.05, 3.63) is 40.5 Å². The normalized spacial score (nSPS) is 9.68. The Morgan fingerprint density at radius 3 is 1.89 bits per heavy atom. The summed E-state index contributed by atoms with van der Waals surface area (Å²) in [5.74, 6) is -2.68. The number of hydrogen-bond donors (Lipinski definition) is 2. The molecule has 0 atom stereocenters. The van der Waals surface area contributed by atoms with Crippen molar-refractivity contribution in [2.24, 2.45) is 0 Å². The number of rotatable bonds is 6. The Hall–Kier alpha value is -3.59. The molecule has 0 saturated carbocycles. The largest absolute Gasteiger partial charge is 0.452 e. The van der Waals surface area contributed by atoms with Gasteiger partial charge in [0, 0.05) is 0 Å². The summed E-state index contributed by atoms with van der Waals surface area (Å²) >= 11 is 0. The van der Waals surface area contributed by atoms with Crippen LogP contribution in [0.1, 0.15) is 0 Å². The monoisotopic (exact) mass is 278 g/mol. The predicted molar refractivity (Wildman–Crippen MR) is 52.5 cm³/mol. The highest BCUT2D eigenvalue weighted by Gasteiger charge is 2.41. The number of nitrogens with one attached hydrogen (secondary N) is 2. The van der Waals surface area contributed by atoms with Gasteiger partial charge in [0.2, 0.25) is 0 Å². The lowest BCUT2D eigenvalue weighted by Gasteiger charge is -1.96. The number of hydrogen-bond acceptors (Lipinski definition) is 9. The fraction of sp³-hybridized carbons (Fsp3) is 0. The van der Waals surface area contributed by atoms with E-state index in [1.807, 2.05) is 0 Å². The highest BCUT2D eigenvalue weighted by molar-refractivity contribution is 5.67. The van der Waals surface area contributed by atoms with E-state index in [-0.39, 0.29) is 4.79 Å². The lowest BCUT2D eigenvalue weighted by Crippen LogP contribution is -2.24. The molecule has 2 N–H and O–H groups in total. The van der Waals surface area contributed by atoms with Crippen molar-refractivity contribution in [2.45, 2.75) is 0 Å². The summed E-state index contributed by atoms with van der Waals surface area (Å²) in [7, 11) is 0. The summed E-state index contributed by atoms with van der Waals surface area (Å²) in [6.07, 6.45) is 0. The Bertz CT molecular complexity index is 575. The Morgan fingerprint density at radius 1 is 0.947 bits per heavy atom. The van der Waals surface area contributed by atoms with Crippen LogP contribution in [0.25, 0.3) is 0 Å². The fourth-order valence-electron chi connectivity index (χ4n) is 1.03. The molecule has 102 valence electrons. The van der Waals surface area contributed by atoms with Gasteiger partial charge in [-0.1, -0.05) is 5.43 Å². The van der Waals surface area contributed by atoms with E-state index in [1.165, 1.54) is 5.43 Å². The number of nitrogens with zero attached hydrogens (tertiary/aromatic N) is 6. The summed E-state index contributed by atoms with van der Waals surface area (Å²) in [5, 5.41) is 41.8. The first-order chi connectivity index (χ1) is 8.73. The smallest absolute Gasteiger partial charge is 0.358 e. The lowest BCUT2D eigenvalue weighted by atomic mass is 10.5. The number of aromatic nitrogens is 2. The molecule has 0 aliphatic carbocycles. The summed E-state index contributed by atoms with van der Waals surface area (Å²) in [6, 6.07) is 0. The molecule has 1 heterocycles. The number of hydrazine groups is 2. The highest BCUT2D eigenvalue weighted by Crippen LogP contribution is 2.32. The van der Waals surface area contributed by atoms with Crippen LogP contribution in [0.15, 0.2) is 0 Å². The zero-order valence-electron chi connectivity index (χ0n) is 8.45. The van der Waals surface area contributed by atoms with Crippen LogP contribution in [0.2, 0.25) is 0 Å². The second-order valence-electron chi connectivity index (χ2n) is 2.67. The molecule has 0 radical (unpaired) electrons. The van der Waals surface area contributed by atoms with Gasteiger partial charge >= 0.3 is 17.3 Å². The van der Waals surface area contributed by atoms with Gasteiger partial charge in [0.25, 0.3) is 0 Å². The molecular weight excluding hydrogens is 276 g/mol. The first kappa shape index (κ1) is 13.5. The van der Waals surface area contributed by atoms with E-state index in [4.69, 9.17) is 0 Å². The Labute approximate surface area is 99.7 Å². The first-order valence-corrected chi connectivity index (χ1v) is 3.98. The number of nitro groups is 4. The van der Waals surface area contributed by atoms with Crippen LogP contribution in [0.3, 0.4) is 0 Å². The third kappa shape index (κ3) is 2.75. The van der Waals surface area contributed by atoms with E-state index in [2.05, 4.69) is 5.10 Å². The standard InChI is InChI=1S/C3H2N8O8/c12-8(13)2-1(4-10(16)17)3(9(14)15)7(5-2)6-11(18)19/h4,6H. The van der Waals surface area contributed by atoms with Gasteiger partial charge in [0.05, 0.1) is 5.03 Å². The van der Waals surface area contributed by atoms with Gasteiger partial charge in [-0.25, -0.2) is 10.1 Å². The van der Waals surface area contributed by atoms with E-state index in [9.17, 15) is 40.5 Å². The van der Waals surface area contributed by atoms with Crippen LogP contribution >= 0.6 is 0 Å². The van der Waals surface area contributed by atoms with Crippen LogP contribution in [0, 0.1) is 40.5 Å². The third-order valence-corrected chi connectivity index (χ3v) is 1.57. The van der Waals surface area contributed by atoms with Crippen LogP contribution in [0.4, 0.5) is 17.3 Å². The molecule has 0 fully saturated rings. The van der Waals surface area contributed by atoms with Crippen molar-refractivity contribution < 1.29 is 19.9 Å². The van der Waals surface area contributed by atoms with Gasteiger partial charge in [-0.2, -0.15) is 0 Å². The summed E-state index contributed by atoms with van der Waals surface area (Å²) in [5.41, 5.74) is 1.15. The molecule has 0 aliphatic rings. The summed E-state index contributed by atoms with van der Waals surface area (Å²) in [4.78, 5) is 38.7. The maximum absolute atomic E-state index is 10.6. The topological polar surface area (TPSA) is 214 Å². The molecule has 16 nitrogen and oxygen atoms in total. The van der Waals surface area contributed by atoms with Crippen LogP contribution in [-0.4, -0.2) is 29.8 Å². The lowest BCUT2D eigenvalue weighted by molar-refractivity contribution is -0.469. The molecule has 16 heteroatoms. The predicted octanol–water partition coefficient (Wildman–Crippen LogP) is -0.962. The van der Waals surface area contributed by atoms with E-state index >= 15 is 0 Å². The molecule has 0 amide bonds. The second-order valence-corrected chi connectivity index (χ2v) is 2.67. The van der Waals surface area contributed by atoms with Crippen molar-refractivity contribution >= 4 is 17.3 Å². The molecule has 0 bridgehead atoms. The molecule has 0 spiro atoms. The number of anilines is 1. The van der Waals surface area contributed by atoms with Crippen LogP contribution in [0.5, 0.6) is 0 Å². The molecule has 1 rings (SSSR count). The molecule has 0 unspecified atom stereocenters. The zero-order chi connectivity index (χ0) is 14.7. The molecular formula is C3H2N8O8. The van der Waals surface area contributed by atoms with Crippen molar-refractivity contribution in [3.63, 3.8) is 0 Å². The molecule has 0 aliphatic heterocycles. The molecule has 0 saturated heterocycles. The second kappa shape index (κ2) is 4.73. The Balaban J connectivity index is 3.49. The van der Waals surface area contributed by atoms with Crippen molar-refractivity contribution in [2.75, 3.05) is 11.0 Å².